The van der Waals surface area contributed by atoms with Crippen LogP contribution in [0, 0.1) is 0 Å². The van der Waals surface area contributed by atoms with E-state index in [-0.39, 0.29) is 0 Å². The minimum Gasteiger partial charge on any atom is -0.464 e. The van der Waals surface area contributed by atoms with Crippen molar-refractivity contribution in [3.05, 3.63) is 51.3 Å². The first-order chi connectivity index (χ1) is 9.95. The van der Waals surface area contributed by atoms with Crippen LogP contribution in [0.3, 0.4) is 0 Å². The highest BCUT2D eigenvalue weighted by molar-refractivity contribution is 9.10. The SMILES string of the molecule is CCOC(=O)C(C)(Nc1cccc(Br)c1)c1ccc(Br)o1. The van der Waals surface area contributed by atoms with Crippen molar-refractivity contribution in [2.24, 2.45) is 0 Å². The van der Waals surface area contributed by atoms with Crippen molar-refractivity contribution >= 4 is 43.5 Å². The molecule has 1 unspecified atom stereocenters. The number of furan rings is 1. The molecule has 0 radical (unpaired) electrons. The Balaban J connectivity index is 2.38. The van der Waals surface area contributed by atoms with E-state index in [0.29, 0.717) is 17.0 Å². The molecule has 4 nitrogen and oxygen atoms in total. The van der Waals surface area contributed by atoms with Gasteiger partial charge in [0.2, 0.25) is 0 Å². The summed E-state index contributed by atoms with van der Waals surface area (Å²) in [5.74, 6) is 0.0830. The molecule has 0 saturated heterocycles. The second kappa shape index (κ2) is 6.66. The van der Waals surface area contributed by atoms with Gasteiger partial charge in [-0.25, -0.2) is 4.79 Å². The second-order valence-electron chi connectivity index (χ2n) is 4.58. The summed E-state index contributed by atoms with van der Waals surface area (Å²) in [5, 5.41) is 3.19. The lowest BCUT2D eigenvalue weighted by Gasteiger charge is -2.27. The molecule has 0 spiro atoms. The van der Waals surface area contributed by atoms with Gasteiger partial charge in [0.15, 0.2) is 10.2 Å². The topological polar surface area (TPSA) is 51.5 Å². The molecular weight excluding hydrogens is 402 g/mol. The Morgan fingerprint density at radius 3 is 2.67 bits per heavy atom. The van der Waals surface area contributed by atoms with Crippen LogP contribution in [0.2, 0.25) is 0 Å². The highest BCUT2D eigenvalue weighted by Gasteiger charge is 2.40. The second-order valence-corrected chi connectivity index (χ2v) is 6.28. The molecule has 2 rings (SSSR count). The molecule has 0 fully saturated rings. The number of benzene rings is 1. The Bertz CT molecular complexity index is 641. The predicted molar refractivity (Wildman–Crippen MR) is 88.2 cm³/mol. The van der Waals surface area contributed by atoms with Crippen LogP contribution < -0.4 is 5.32 Å². The summed E-state index contributed by atoms with van der Waals surface area (Å²) in [4.78, 5) is 12.4. The summed E-state index contributed by atoms with van der Waals surface area (Å²) in [6.45, 7) is 3.81. The van der Waals surface area contributed by atoms with Crippen molar-refractivity contribution < 1.29 is 13.9 Å². The lowest BCUT2D eigenvalue weighted by Crippen LogP contribution is -2.41. The van der Waals surface area contributed by atoms with Gasteiger partial charge < -0.3 is 14.5 Å². The molecular formula is C15H15Br2NO3. The molecule has 1 aromatic carbocycles. The first kappa shape index (κ1) is 16.1. The molecule has 0 aliphatic rings. The quantitative estimate of drug-likeness (QED) is 0.718. The van der Waals surface area contributed by atoms with E-state index < -0.39 is 11.5 Å². The molecule has 112 valence electrons. The van der Waals surface area contributed by atoms with E-state index >= 15 is 0 Å². The van der Waals surface area contributed by atoms with Crippen LogP contribution >= 0.6 is 31.9 Å². The van der Waals surface area contributed by atoms with Crippen LogP contribution in [0.5, 0.6) is 0 Å². The Morgan fingerprint density at radius 1 is 1.33 bits per heavy atom. The smallest absolute Gasteiger partial charge is 0.339 e. The van der Waals surface area contributed by atoms with Gasteiger partial charge in [-0.05, 0) is 60.1 Å². The van der Waals surface area contributed by atoms with Gasteiger partial charge in [-0.15, -0.1) is 0 Å². The number of ether oxygens (including phenoxy) is 1. The van der Waals surface area contributed by atoms with Crippen LogP contribution in [-0.2, 0) is 15.1 Å². The Kier molecular flexibility index (Phi) is 5.11. The highest BCUT2D eigenvalue weighted by atomic mass is 79.9. The standard InChI is InChI=1S/C15H15Br2NO3/c1-3-20-14(19)15(2,12-7-8-13(17)21-12)18-11-6-4-5-10(16)9-11/h4-9,18H,3H2,1-2H3. The zero-order valence-corrected chi connectivity index (χ0v) is 14.8. The molecule has 1 aromatic heterocycles. The largest absolute Gasteiger partial charge is 0.464 e. The average Bonchev–Trinajstić information content (AvgIpc) is 2.86. The van der Waals surface area contributed by atoms with Crippen molar-refractivity contribution in [3.63, 3.8) is 0 Å². The maximum absolute atomic E-state index is 12.4. The van der Waals surface area contributed by atoms with E-state index in [4.69, 9.17) is 9.15 Å². The fourth-order valence-corrected chi connectivity index (χ4v) is 2.63. The molecule has 0 bridgehead atoms. The van der Waals surface area contributed by atoms with E-state index in [1.807, 2.05) is 24.3 Å². The number of carbonyl (C=O) groups excluding carboxylic acids is 1. The summed E-state index contributed by atoms with van der Waals surface area (Å²) < 4.78 is 12.2. The van der Waals surface area contributed by atoms with E-state index in [1.165, 1.54) is 0 Å². The fraction of sp³-hybridized carbons (Fsp3) is 0.267. The lowest BCUT2D eigenvalue weighted by molar-refractivity contribution is -0.149. The minimum absolute atomic E-state index is 0.302. The Labute approximate surface area is 140 Å². The summed E-state index contributed by atoms with van der Waals surface area (Å²) in [6, 6.07) is 11.0. The van der Waals surface area contributed by atoms with Gasteiger partial charge in [0.05, 0.1) is 6.61 Å². The Morgan fingerprint density at radius 2 is 2.10 bits per heavy atom. The van der Waals surface area contributed by atoms with Gasteiger partial charge in [-0.3, -0.25) is 0 Å². The molecule has 1 atom stereocenters. The molecule has 1 heterocycles. The molecule has 6 heteroatoms. The van der Waals surface area contributed by atoms with Crippen LogP contribution in [0.25, 0.3) is 0 Å². The van der Waals surface area contributed by atoms with Crippen molar-refractivity contribution in [2.45, 2.75) is 19.4 Å². The number of carbonyl (C=O) groups is 1. The normalized spacial score (nSPS) is 13.5. The number of hydrogen-bond donors (Lipinski definition) is 1. The highest BCUT2D eigenvalue weighted by Crippen LogP contribution is 2.31. The van der Waals surface area contributed by atoms with Gasteiger partial charge in [0, 0.05) is 10.2 Å². The van der Waals surface area contributed by atoms with Gasteiger partial charge in [0.25, 0.3) is 0 Å². The maximum Gasteiger partial charge on any atom is 0.339 e. The van der Waals surface area contributed by atoms with Crippen molar-refractivity contribution in [1.82, 2.24) is 0 Å². The molecule has 0 amide bonds. The van der Waals surface area contributed by atoms with Gasteiger partial charge in [-0.2, -0.15) is 0 Å². The average molecular weight is 417 g/mol. The van der Waals surface area contributed by atoms with Crippen molar-refractivity contribution in [1.29, 1.82) is 0 Å². The molecule has 1 N–H and O–H groups in total. The first-order valence-corrected chi connectivity index (χ1v) is 8.01. The predicted octanol–water partition coefficient (Wildman–Crippen LogP) is 4.70. The zero-order valence-electron chi connectivity index (χ0n) is 11.7. The van der Waals surface area contributed by atoms with Crippen LogP contribution in [0.15, 0.2) is 50.0 Å². The third-order valence-corrected chi connectivity index (χ3v) is 3.89. The number of halogens is 2. The molecule has 0 aliphatic heterocycles. The van der Waals surface area contributed by atoms with Crippen LogP contribution in [0.4, 0.5) is 5.69 Å². The minimum atomic E-state index is -1.11. The van der Waals surface area contributed by atoms with Gasteiger partial charge >= 0.3 is 5.97 Å². The number of rotatable bonds is 5. The van der Waals surface area contributed by atoms with Crippen molar-refractivity contribution in [2.75, 3.05) is 11.9 Å². The monoisotopic (exact) mass is 415 g/mol. The van der Waals surface area contributed by atoms with Crippen molar-refractivity contribution in [3.8, 4) is 0 Å². The summed E-state index contributed by atoms with van der Waals surface area (Å²) in [5.41, 5.74) is -0.324. The zero-order chi connectivity index (χ0) is 15.5. The van der Waals surface area contributed by atoms with Crippen LogP contribution in [-0.4, -0.2) is 12.6 Å². The number of esters is 1. The van der Waals surface area contributed by atoms with E-state index in [0.717, 1.165) is 10.2 Å². The van der Waals surface area contributed by atoms with E-state index in [2.05, 4.69) is 37.2 Å². The number of hydrogen-bond acceptors (Lipinski definition) is 4. The number of nitrogens with one attached hydrogen (secondary N) is 1. The third-order valence-electron chi connectivity index (χ3n) is 2.97. The summed E-state index contributed by atoms with van der Waals surface area (Å²) >= 11 is 6.67. The maximum atomic E-state index is 12.4. The molecule has 0 saturated carbocycles. The lowest BCUT2D eigenvalue weighted by atomic mass is 9.98. The van der Waals surface area contributed by atoms with E-state index in [1.54, 1.807) is 26.0 Å². The molecule has 21 heavy (non-hydrogen) atoms. The summed E-state index contributed by atoms with van der Waals surface area (Å²) in [6.07, 6.45) is 0. The molecule has 2 aromatic rings. The fourth-order valence-electron chi connectivity index (χ4n) is 1.93. The Hall–Kier alpha value is -1.27. The molecule has 0 aliphatic carbocycles. The number of anilines is 1. The third kappa shape index (κ3) is 3.68. The van der Waals surface area contributed by atoms with E-state index in [9.17, 15) is 4.79 Å². The van der Waals surface area contributed by atoms with Crippen LogP contribution in [0.1, 0.15) is 19.6 Å². The summed E-state index contributed by atoms with van der Waals surface area (Å²) in [7, 11) is 0. The van der Waals surface area contributed by atoms with Gasteiger partial charge in [-0.1, -0.05) is 22.0 Å². The first-order valence-electron chi connectivity index (χ1n) is 6.42. The van der Waals surface area contributed by atoms with Gasteiger partial charge in [0.1, 0.15) is 5.76 Å².